The quantitative estimate of drug-likeness (QED) is 0.807. The second-order valence-corrected chi connectivity index (χ2v) is 6.75. The van der Waals surface area contributed by atoms with Crippen molar-refractivity contribution in [1.29, 1.82) is 0 Å². The molecule has 1 aliphatic rings. The Kier molecular flexibility index (Phi) is 4.48. The van der Waals surface area contributed by atoms with Crippen LogP contribution >= 0.6 is 34.5 Å². The molecule has 0 aliphatic carbocycles. The van der Waals surface area contributed by atoms with Crippen LogP contribution in [0.2, 0.25) is 10.0 Å². The molecule has 1 aromatic carbocycles. The summed E-state index contributed by atoms with van der Waals surface area (Å²) in [6.45, 7) is 1.46. The fourth-order valence-electron chi connectivity index (χ4n) is 2.60. The highest BCUT2D eigenvalue weighted by Gasteiger charge is 2.27. The summed E-state index contributed by atoms with van der Waals surface area (Å²) in [5, 5.41) is 3.92. The second-order valence-electron chi connectivity index (χ2n) is 5.04. The number of aromatic nitrogens is 1. The summed E-state index contributed by atoms with van der Waals surface area (Å²) in [7, 11) is 0. The highest BCUT2D eigenvalue weighted by molar-refractivity contribution is 7.09. The molecular formula is C15H14Cl2N2OS. The maximum Gasteiger partial charge on any atom is 0.255 e. The van der Waals surface area contributed by atoms with Gasteiger partial charge in [0.1, 0.15) is 0 Å². The predicted octanol–water partition coefficient (Wildman–Crippen LogP) is 4.47. The van der Waals surface area contributed by atoms with Crippen molar-refractivity contribution in [2.45, 2.75) is 18.8 Å². The van der Waals surface area contributed by atoms with Gasteiger partial charge in [-0.05, 0) is 25.0 Å². The van der Waals surface area contributed by atoms with Crippen LogP contribution in [0.5, 0.6) is 0 Å². The molecule has 0 atom stereocenters. The van der Waals surface area contributed by atoms with E-state index in [0.717, 1.165) is 25.9 Å². The lowest BCUT2D eigenvalue weighted by Gasteiger charge is -2.31. The standard InChI is InChI=1S/C15H14Cl2N2OS/c16-12-3-1-2-11(13(12)17)15(20)19-7-4-10(5-8-19)14-18-6-9-21-14/h1-3,6,9-10H,4-5,7-8H2. The van der Waals surface area contributed by atoms with E-state index in [9.17, 15) is 4.79 Å². The second kappa shape index (κ2) is 6.34. The first-order valence-electron chi connectivity index (χ1n) is 6.79. The van der Waals surface area contributed by atoms with Crippen molar-refractivity contribution in [3.63, 3.8) is 0 Å². The normalized spacial score (nSPS) is 16.2. The van der Waals surface area contributed by atoms with Gasteiger partial charge < -0.3 is 4.90 Å². The van der Waals surface area contributed by atoms with Crippen molar-refractivity contribution in [3.8, 4) is 0 Å². The molecule has 0 unspecified atom stereocenters. The Hall–Kier alpha value is -1.10. The minimum Gasteiger partial charge on any atom is -0.339 e. The first-order valence-corrected chi connectivity index (χ1v) is 8.43. The van der Waals surface area contributed by atoms with E-state index in [1.807, 2.05) is 16.5 Å². The van der Waals surface area contributed by atoms with Gasteiger partial charge >= 0.3 is 0 Å². The summed E-state index contributed by atoms with van der Waals surface area (Å²) in [5.74, 6) is 0.420. The summed E-state index contributed by atoms with van der Waals surface area (Å²) in [5.41, 5.74) is 0.483. The molecule has 1 fully saturated rings. The molecule has 0 bridgehead atoms. The molecule has 0 saturated carbocycles. The molecule has 0 N–H and O–H groups in total. The number of likely N-dealkylation sites (tertiary alicyclic amines) is 1. The average Bonchev–Trinajstić information content (AvgIpc) is 3.04. The molecule has 110 valence electrons. The Morgan fingerprint density at radius 2 is 2.05 bits per heavy atom. The zero-order chi connectivity index (χ0) is 14.8. The van der Waals surface area contributed by atoms with Crippen molar-refractivity contribution in [2.75, 3.05) is 13.1 Å². The van der Waals surface area contributed by atoms with Crippen molar-refractivity contribution in [3.05, 3.63) is 50.4 Å². The lowest BCUT2D eigenvalue weighted by atomic mass is 9.97. The molecule has 3 nitrogen and oxygen atoms in total. The van der Waals surface area contributed by atoms with E-state index in [2.05, 4.69) is 4.98 Å². The van der Waals surface area contributed by atoms with Crippen LogP contribution in [0.3, 0.4) is 0 Å². The lowest BCUT2D eigenvalue weighted by molar-refractivity contribution is 0.0713. The van der Waals surface area contributed by atoms with Gasteiger partial charge in [0.2, 0.25) is 0 Å². The number of thiazole rings is 1. The zero-order valence-corrected chi connectivity index (χ0v) is 13.6. The van der Waals surface area contributed by atoms with E-state index in [0.29, 0.717) is 21.5 Å². The number of hydrogen-bond donors (Lipinski definition) is 0. The molecule has 2 aromatic rings. The van der Waals surface area contributed by atoms with Crippen LogP contribution in [0.25, 0.3) is 0 Å². The number of halogens is 2. The van der Waals surface area contributed by atoms with E-state index in [1.54, 1.807) is 29.5 Å². The number of benzene rings is 1. The van der Waals surface area contributed by atoms with Gasteiger partial charge in [-0.25, -0.2) is 4.98 Å². The molecule has 1 aliphatic heterocycles. The average molecular weight is 341 g/mol. The first kappa shape index (κ1) is 14.8. The summed E-state index contributed by atoms with van der Waals surface area (Å²) >= 11 is 13.8. The maximum absolute atomic E-state index is 12.5. The van der Waals surface area contributed by atoms with E-state index in [1.165, 1.54) is 5.01 Å². The van der Waals surface area contributed by atoms with E-state index in [-0.39, 0.29) is 5.91 Å². The number of amides is 1. The fraction of sp³-hybridized carbons (Fsp3) is 0.333. The number of nitrogens with zero attached hydrogens (tertiary/aromatic N) is 2. The van der Waals surface area contributed by atoms with Crippen molar-refractivity contribution >= 4 is 40.4 Å². The SMILES string of the molecule is O=C(c1cccc(Cl)c1Cl)N1CCC(c2nccs2)CC1. The Morgan fingerprint density at radius 3 is 2.71 bits per heavy atom. The highest BCUT2D eigenvalue weighted by Crippen LogP contribution is 2.31. The smallest absolute Gasteiger partial charge is 0.255 e. The Balaban J connectivity index is 1.69. The minimum absolute atomic E-state index is 0.0416. The van der Waals surface area contributed by atoms with Crippen LogP contribution in [-0.2, 0) is 0 Å². The number of rotatable bonds is 2. The number of carbonyl (C=O) groups is 1. The molecule has 1 saturated heterocycles. The van der Waals surface area contributed by atoms with Gasteiger partial charge in [0.15, 0.2) is 0 Å². The third kappa shape index (κ3) is 3.07. The largest absolute Gasteiger partial charge is 0.339 e. The molecule has 0 radical (unpaired) electrons. The summed E-state index contributed by atoms with van der Waals surface area (Å²) in [6.07, 6.45) is 3.72. The van der Waals surface area contributed by atoms with Crippen LogP contribution in [-0.4, -0.2) is 28.9 Å². The number of hydrogen-bond acceptors (Lipinski definition) is 3. The monoisotopic (exact) mass is 340 g/mol. The van der Waals surface area contributed by atoms with E-state index >= 15 is 0 Å². The molecule has 1 amide bonds. The third-order valence-electron chi connectivity index (χ3n) is 3.76. The summed E-state index contributed by atoms with van der Waals surface area (Å²) < 4.78 is 0. The van der Waals surface area contributed by atoms with Crippen LogP contribution in [0.4, 0.5) is 0 Å². The van der Waals surface area contributed by atoms with Crippen LogP contribution in [0, 0.1) is 0 Å². The van der Waals surface area contributed by atoms with Crippen LogP contribution < -0.4 is 0 Å². The summed E-state index contributed by atoms with van der Waals surface area (Å²) in [6, 6.07) is 5.17. The van der Waals surface area contributed by atoms with Crippen molar-refractivity contribution in [2.24, 2.45) is 0 Å². The zero-order valence-electron chi connectivity index (χ0n) is 11.3. The number of carbonyl (C=O) groups excluding carboxylic acids is 1. The van der Waals surface area contributed by atoms with Gasteiger partial charge in [-0.1, -0.05) is 29.3 Å². The molecule has 2 heterocycles. The Morgan fingerprint density at radius 1 is 1.29 bits per heavy atom. The Bertz CT molecular complexity index is 637. The Labute approximate surface area is 137 Å². The fourth-order valence-corrected chi connectivity index (χ4v) is 3.80. The van der Waals surface area contributed by atoms with Gasteiger partial charge in [0.25, 0.3) is 5.91 Å². The topological polar surface area (TPSA) is 33.2 Å². The van der Waals surface area contributed by atoms with Crippen molar-refractivity contribution < 1.29 is 4.79 Å². The summed E-state index contributed by atoms with van der Waals surface area (Å²) in [4.78, 5) is 18.8. The van der Waals surface area contributed by atoms with Gasteiger partial charge in [-0.2, -0.15) is 0 Å². The third-order valence-corrected chi connectivity index (χ3v) is 5.52. The van der Waals surface area contributed by atoms with E-state index in [4.69, 9.17) is 23.2 Å². The van der Waals surface area contributed by atoms with E-state index < -0.39 is 0 Å². The highest BCUT2D eigenvalue weighted by atomic mass is 35.5. The predicted molar refractivity (Wildman–Crippen MR) is 86.5 cm³/mol. The van der Waals surface area contributed by atoms with Crippen LogP contribution in [0.15, 0.2) is 29.8 Å². The molecule has 21 heavy (non-hydrogen) atoms. The van der Waals surface area contributed by atoms with Gasteiger partial charge in [0, 0.05) is 30.6 Å². The van der Waals surface area contributed by atoms with Gasteiger partial charge in [-0.3, -0.25) is 4.79 Å². The van der Waals surface area contributed by atoms with Gasteiger partial charge in [0.05, 0.1) is 20.6 Å². The van der Waals surface area contributed by atoms with Crippen molar-refractivity contribution in [1.82, 2.24) is 9.88 Å². The lowest BCUT2D eigenvalue weighted by Crippen LogP contribution is -2.38. The van der Waals surface area contributed by atoms with Gasteiger partial charge in [-0.15, -0.1) is 11.3 Å². The molecule has 6 heteroatoms. The molecular weight excluding hydrogens is 327 g/mol. The molecule has 3 rings (SSSR count). The molecule has 1 aromatic heterocycles. The first-order chi connectivity index (χ1) is 10.2. The minimum atomic E-state index is -0.0416. The maximum atomic E-state index is 12.5. The van der Waals surface area contributed by atoms with Crippen LogP contribution in [0.1, 0.15) is 34.1 Å². The number of piperidine rings is 1. The molecule has 0 spiro atoms.